The highest BCUT2D eigenvalue weighted by molar-refractivity contribution is 5.58. The van der Waals surface area contributed by atoms with Gasteiger partial charge < -0.3 is 5.32 Å². The summed E-state index contributed by atoms with van der Waals surface area (Å²) in [5.74, 6) is 0. The number of anilines is 1. The second kappa shape index (κ2) is 4.25. The van der Waals surface area contributed by atoms with E-state index in [1.54, 1.807) is 0 Å². The first-order valence-corrected chi connectivity index (χ1v) is 6.24. The van der Waals surface area contributed by atoms with Crippen LogP contribution in [0.5, 0.6) is 0 Å². The van der Waals surface area contributed by atoms with Gasteiger partial charge in [-0.05, 0) is 42.0 Å². The van der Waals surface area contributed by atoms with E-state index in [1.807, 2.05) is 0 Å². The Balaban J connectivity index is 2.00. The highest BCUT2D eigenvalue weighted by atomic mass is 14.9. The molecule has 3 rings (SSSR count). The van der Waals surface area contributed by atoms with Crippen LogP contribution >= 0.6 is 0 Å². The third kappa shape index (κ3) is 1.93. The molecule has 17 heavy (non-hydrogen) atoms. The van der Waals surface area contributed by atoms with E-state index in [9.17, 15) is 0 Å². The molecule has 1 aliphatic rings. The van der Waals surface area contributed by atoms with E-state index in [1.165, 1.54) is 27.9 Å². The van der Waals surface area contributed by atoms with Crippen molar-refractivity contribution >= 4 is 5.69 Å². The van der Waals surface area contributed by atoms with Crippen molar-refractivity contribution in [1.82, 2.24) is 0 Å². The van der Waals surface area contributed by atoms with Crippen LogP contribution in [0, 0.1) is 6.92 Å². The molecule has 0 fully saturated rings. The molecule has 1 heteroatoms. The maximum Gasteiger partial charge on any atom is 0.0405 e. The Hall–Kier alpha value is -1.76. The van der Waals surface area contributed by atoms with Gasteiger partial charge in [0.15, 0.2) is 0 Å². The van der Waals surface area contributed by atoms with Crippen molar-refractivity contribution in [3.8, 4) is 0 Å². The normalized spacial score (nSPS) is 13.9. The van der Waals surface area contributed by atoms with Gasteiger partial charge in [0.1, 0.15) is 0 Å². The average Bonchev–Trinajstić information content (AvgIpc) is 2.33. The van der Waals surface area contributed by atoms with E-state index < -0.39 is 0 Å². The summed E-state index contributed by atoms with van der Waals surface area (Å²) >= 11 is 0. The monoisotopic (exact) mass is 223 g/mol. The predicted octanol–water partition coefficient (Wildman–Crippen LogP) is 3.71. The Kier molecular flexibility index (Phi) is 2.60. The number of rotatable bonds is 0. The van der Waals surface area contributed by atoms with E-state index in [4.69, 9.17) is 0 Å². The first kappa shape index (κ1) is 10.4. The molecule has 1 nitrogen and oxygen atoms in total. The van der Waals surface area contributed by atoms with Crippen LogP contribution in [0.1, 0.15) is 22.3 Å². The standard InChI is InChI=1S/C16H17N/c1-12-5-4-8-14-10-9-13-6-2-3-7-15(13)11-17-16(12)14/h2-8,17H,9-11H2,1H3. The highest BCUT2D eigenvalue weighted by Crippen LogP contribution is 2.26. The quantitative estimate of drug-likeness (QED) is 0.718. The molecule has 0 saturated carbocycles. The second-order valence-electron chi connectivity index (χ2n) is 4.73. The molecule has 0 amide bonds. The molecule has 0 unspecified atom stereocenters. The smallest absolute Gasteiger partial charge is 0.0405 e. The van der Waals surface area contributed by atoms with Gasteiger partial charge in [-0.25, -0.2) is 0 Å². The molecule has 0 saturated heterocycles. The fraction of sp³-hybridized carbons (Fsp3) is 0.250. The Bertz CT molecular complexity index is 543. The van der Waals surface area contributed by atoms with Crippen LogP contribution in [0.2, 0.25) is 0 Å². The summed E-state index contributed by atoms with van der Waals surface area (Å²) in [7, 11) is 0. The number of hydrogen-bond acceptors (Lipinski definition) is 1. The van der Waals surface area contributed by atoms with Crippen LogP contribution in [-0.2, 0) is 19.4 Å². The number of hydrogen-bond donors (Lipinski definition) is 1. The van der Waals surface area contributed by atoms with Crippen molar-refractivity contribution < 1.29 is 0 Å². The average molecular weight is 223 g/mol. The van der Waals surface area contributed by atoms with Crippen molar-refractivity contribution in [1.29, 1.82) is 0 Å². The summed E-state index contributed by atoms with van der Waals surface area (Å²) in [5, 5.41) is 3.59. The second-order valence-corrected chi connectivity index (χ2v) is 4.73. The SMILES string of the molecule is Cc1cccc2c1NCc1ccccc1CC2. The molecular formula is C16H17N. The van der Waals surface area contributed by atoms with Gasteiger partial charge in [-0.15, -0.1) is 0 Å². The molecule has 0 aliphatic carbocycles. The zero-order valence-electron chi connectivity index (χ0n) is 10.2. The Labute approximate surface area is 102 Å². The van der Waals surface area contributed by atoms with Gasteiger partial charge in [0, 0.05) is 12.2 Å². The molecule has 1 N–H and O–H groups in total. The van der Waals surface area contributed by atoms with Crippen LogP contribution in [-0.4, -0.2) is 0 Å². The Morgan fingerprint density at radius 1 is 0.824 bits per heavy atom. The summed E-state index contributed by atoms with van der Waals surface area (Å²) in [5.41, 5.74) is 7.04. The minimum Gasteiger partial charge on any atom is -0.381 e. The first-order chi connectivity index (χ1) is 8.34. The lowest BCUT2D eigenvalue weighted by Crippen LogP contribution is -2.10. The lowest BCUT2D eigenvalue weighted by molar-refractivity contribution is 0.908. The number of nitrogens with one attached hydrogen (secondary N) is 1. The fourth-order valence-electron chi connectivity index (χ4n) is 2.62. The van der Waals surface area contributed by atoms with Crippen molar-refractivity contribution in [2.75, 3.05) is 5.32 Å². The zero-order chi connectivity index (χ0) is 11.7. The molecule has 2 aromatic rings. The molecule has 0 spiro atoms. The number of para-hydroxylation sites is 1. The van der Waals surface area contributed by atoms with E-state index in [-0.39, 0.29) is 0 Å². The van der Waals surface area contributed by atoms with Gasteiger partial charge in [-0.1, -0.05) is 42.5 Å². The van der Waals surface area contributed by atoms with Crippen LogP contribution in [0.3, 0.4) is 0 Å². The summed E-state index contributed by atoms with van der Waals surface area (Å²) in [6, 6.07) is 15.3. The minimum atomic E-state index is 0.939. The zero-order valence-corrected chi connectivity index (χ0v) is 10.2. The highest BCUT2D eigenvalue weighted by Gasteiger charge is 2.11. The molecule has 1 heterocycles. The minimum absolute atomic E-state index is 0.939. The molecular weight excluding hydrogens is 206 g/mol. The maximum absolute atomic E-state index is 3.59. The van der Waals surface area contributed by atoms with Gasteiger partial charge in [-0.3, -0.25) is 0 Å². The van der Waals surface area contributed by atoms with E-state index in [0.29, 0.717) is 0 Å². The largest absolute Gasteiger partial charge is 0.381 e. The topological polar surface area (TPSA) is 12.0 Å². The van der Waals surface area contributed by atoms with Crippen molar-refractivity contribution in [3.63, 3.8) is 0 Å². The van der Waals surface area contributed by atoms with E-state index in [0.717, 1.165) is 19.4 Å². The molecule has 0 radical (unpaired) electrons. The summed E-state index contributed by atoms with van der Waals surface area (Å²) in [4.78, 5) is 0. The van der Waals surface area contributed by atoms with E-state index >= 15 is 0 Å². The fourth-order valence-corrected chi connectivity index (χ4v) is 2.62. The molecule has 0 bridgehead atoms. The molecule has 0 aromatic heterocycles. The van der Waals surface area contributed by atoms with E-state index in [2.05, 4.69) is 54.7 Å². The van der Waals surface area contributed by atoms with Gasteiger partial charge in [0.05, 0.1) is 0 Å². The van der Waals surface area contributed by atoms with Crippen LogP contribution in [0.15, 0.2) is 42.5 Å². The summed E-state index contributed by atoms with van der Waals surface area (Å²) in [6.07, 6.45) is 2.27. The lowest BCUT2D eigenvalue weighted by atomic mass is 9.95. The Morgan fingerprint density at radius 3 is 2.41 bits per heavy atom. The molecule has 0 atom stereocenters. The van der Waals surface area contributed by atoms with Crippen molar-refractivity contribution in [2.24, 2.45) is 0 Å². The number of benzene rings is 2. The van der Waals surface area contributed by atoms with Crippen molar-refractivity contribution in [2.45, 2.75) is 26.3 Å². The van der Waals surface area contributed by atoms with Gasteiger partial charge in [0.25, 0.3) is 0 Å². The number of aryl methyl sites for hydroxylation is 3. The summed E-state index contributed by atoms with van der Waals surface area (Å²) in [6.45, 7) is 3.12. The predicted molar refractivity (Wildman–Crippen MR) is 72.4 cm³/mol. The summed E-state index contributed by atoms with van der Waals surface area (Å²) < 4.78 is 0. The lowest BCUT2D eigenvalue weighted by Gasteiger charge is -2.20. The van der Waals surface area contributed by atoms with Gasteiger partial charge in [-0.2, -0.15) is 0 Å². The number of fused-ring (bicyclic) bond motifs is 2. The third-order valence-corrected chi connectivity index (χ3v) is 3.60. The molecule has 86 valence electrons. The molecule has 1 aliphatic heterocycles. The van der Waals surface area contributed by atoms with Crippen molar-refractivity contribution in [3.05, 3.63) is 64.7 Å². The van der Waals surface area contributed by atoms with Crippen LogP contribution in [0.4, 0.5) is 5.69 Å². The van der Waals surface area contributed by atoms with Crippen LogP contribution < -0.4 is 5.32 Å². The third-order valence-electron chi connectivity index (χ3n) is 3.60. The van der Waals surface area contributed by atoms with Gasteiger partial charge in [0.2, 0.25) is 0 Å². The van der Waals surface area contributed by atoms with Gasteiger partial charge >= 0.3 is 0 Å². The first-order valence-electron chi connectivity index (χ1n) is 6.24. The van der Waals surface area contributed by atoms with Crippen LogP contribution in [0.25, 0.3) is 0 Å². The molecule has 2 aromatic carbocycles. The maximum atomic E-state index is 3.59. The Morgan fingerprint density at radius 2 is 1.53 bits per heavy atom.